The molecule has 19 heavy (non-hydrogen) atoms. The molecule has 0 aromatic carbocycles. The van der Waals surface area contributed by atoms with Crippen LogP contribution in [0.4, 0.5) is 0 Å². The van der Waals surface area contributed by atoms with E-state index in [1.165, 1.54) is 6.20 Å². The highest BCUT2D eigenvalue weighted by Crippen LogP contribution is 2.12. The van der Waals surface area contributed by atoms with Crippen molar-refractivity contribution in [2.24, 2.45) is 0 Å². The van der Waals surface area contributed by atoms with E-state index >= 15 is 0 Å². The van der Waals surface area contributed by atoms with Crippen LogP contribution in [0.25, 0.3) is 0 Å². The number of nitrogens with zero attached hydrogens (tertiary/aromatic N) is 1. The Morgan fingerprint density at radius 3 is 3.00 bits per heavy atom. The third-order valence-electron chi connectivity index (χ3n) is 2.60. The maximum Gasteiger partial charge on any atom is 0.257 e. The standard InChI is InChI=1S/C11H16N4O2S2/c1-12-6-10-7-13-15-11(10)19(16,17)14-4-2-9-3-5-18-8-9/h3,5,7-8,12,14H,2,4,6H2,1H3,(H,13,15). The molecule has 2 rings (SSSR count). The Hall–Kier alpha value is -1.22. The molecule has 0 saturated carbocycles. The molecule has 2 heterocycles. The van der Waals surface area contributed by atoms with E-state index < -0.39 is 10.0 Å². The Balaban J connectivity index is 1.99. The number of sulfonamides is 1. The van der Waals surface area contributed by atoms with Gasteiger partial charge in [-0.05, 0) is 35.9 Å². The number of thiophene rings is 1. The highest BCUT2D eigenvalue weighted by Gasteiger charge is 2.19. The number of hydrogen-bond donors (Lipinski definition) is 3. The fraction of sp³-hybridized carbons (Fsp3) is 0.364. The van der Waals surface area contributed by atoms with Crippen molar-refractivity contribution in [2.75, 3.05) is 13.6 Å². The van der Waals surface area contributed by atoms with E-state index in [1.54, 1.807) is 18.4 Å². The van der Waals surface area contributed by atoms with Crippen molar-refractivity contribution < 1.29 is 8.42 Å². The summed E-state index contributed by atoms with van der Waals surface area (Å²) in [4.78, 5) is 0. The van der Waals surface area contributed by atoms with Gasteiger partial charge in [-0.15, -0.1) is 0 Å². The molecule has 0 aliphatic heterocycles. The molecule has 2 aromatic heterocycles. The maximum absolute atomic E-state index is 12.1. The molecule has 0 saturated heterocycles. The largest absolute Gasteiger partial charge is 0.316 e. The Labute approximate surface area is 116 Å². The normalized spacial score (nSPS) is 11.8. The minimum Gasteiger partial charge on any atom is -0.316 e. The van der Waals surface area contributed by atoms with Gasteiger partial charge in [0.25, 0.3) is 10.0 Å². The predicted molar refractivity (Wildman–Crippen MR) is 74.6 cm³/mol. The Morgan fingerprint density at radius 2 is 2.32 bits per heavy atom. The quantitative estimate of drug-likeness (QED) is 0.703. The van der Waals surface area contributed by atoms with Crippen molar-refractivity contribution >= 4 is 21.4 Å². The monoisotopic (exact) mass is 300 g/mol. The number of hydrogen-bond acceptors (Lipinski definition) is 5. The van der Waals surface area contributed by atoms with Crippen LogP contribution < -0.4 is 10.0 Å². The van der Waals surface area contributed by atoms with Crippen LogP contribution in [0.5, 0.6) is 0 Å². The SMILES string of the molecule is CNCc1cn[nH]c1S(=O)(=O)NCCc1ccsc1. The summed E-state index contributed by atoms with van der Waals surface area (Å²) in [5.74, 6) is 0. The van der Waals surface area contributed by atoms with Crippen LogP contribution in [-0.4, -0.2) is 32.2 Å². The Bertz CT molecular complexity index is 604. The number of nitrogens with one attached hydrogen (secondary N) is 3. The van der Waals surface area contributed by atoms with Crippen LogP contribution in [0.1, 0.15) is 11.1 Å². The van der Waals surface area contributed by atoms with Crippen molar-refractivity contribution in [2.45, 2.75) is 18.0 Å². The summed E-state index contributed by atoms with van der Waals surface area (Å²) in [6.45, 7) is 0.828. The second kappa shape index (κ2) is 6.29. The number of aromatic nitrogens is 2. The van der Waals surface area contributed by atoms with Crippen molar-refractivity contribution in [3.63, 3.8) is 0 Å². The molecular formula is C11H16N4O2S2. The van der Waals surface area contributed by atoms with E-state index in [2.05, 4.69) is 20.2 Å². The molecule has 0 spiro atoms. The predicted octanol–water partition coefficient (Wildman–Crippen LogP) is 0.712. The molecule has 8 heteroatoms. The van der Waals surface area contributed by atoms with E-state index in [0.29, 0.717) is 25.1 Å². The fourth-order valence-corrected chi connectivity index (χ4v) is 3.55. The minimum atomic E-state index is -3.53. The lowest BCUT2D eigenvalue weighted by atomic mass is 10.2. The van der Waals surface area contributed by atoms with E-state index in [9.17, 15) is 8.42 Å². The molecule has 2 aromatic rings. The van der Waals surface area contributed by atoms with E-state index in [0.717, 1.165) is 5.56 Å². The molecule has 0 bridgehead atoms. The van der Waals surface area contributed by atoms with E-state index in [1.807, 2.05) is 16.8 Å². The minimum absolute atomic E-state index is 0.132. The van der Waals surface area contributed by atoms with Gasteiger partial charge in [-0.25, -0.2) is 13.1 Å². The lowest BCUT2D eigenvalue weighted by molar-refractivity contribution is 0.575. The molecule has 0 aliphatic rings. The van der Waals surface area contributed by atoms with Gasteiger partial charge in [-0.3, -0.25) is 5.10 Å². The van der Waals surface area contributed by atoms with Gasteiger partial charge < -0.3 is 5.32 Å². The van der Waals surface area contributed by atoms with Gasteiger partial charge in [0.15, 0.2) is 5.03 Å². The van der Waals surface area contributed by atoms with Gasteiger partial charge in [-0.2, -0.15) is 16.4 Å². The first kappa shape index (κ1) is 14.2. The average molecular weight is 300 g/mol. The molecule has 0 fully saturated rings. The fourth-order valence-electron chi connectivity index (χ4n) is 1.69. The van der Waals surface area contributed by atoms with Crippen LogP contribution in [0.15, 0.2) is 28.0 Å². The molecule has 0 aliphatic carbocycles. The van der Waals surface area contributed by atoms with Gasteiger partial charge >= 0.3 is 0 Å². The zero-order valence-electron chi connectivity index (χ0n) is 10.5. The van der Waals surface area contributed by atoms with Crippen LogP contribution >= 0.6 is 11.3 Å². The highest BCUT2D eigenvalue weighted by atomic mass is 32.2. The van der Waals surface area contributed by atoms with Crippen LogP contribution in [-0.2, 0) is 23.0 Å². The van der Waals surface area contributed by atoms with Crippen molar-refractivity contribution in [3.8, 4) is 0 Å². The Morgan fingerprint density at radius 1 is 1.47 bits per heavy atom. The lowest BCUT2D eigenvalue weighted by Crippen LogP contribution is -2.27. The van der Waals surface area contributed by atoms with Crippen LogP contribution in [0.3, 0.4) is 0 Å². The molecule has 0 atom stereocenters. The summed E-state index contributed by atoms with van der Waals surface area (Å²) in [6, 6.07) is 1.99. The maximum atomic E-state index is 12.1. The molecule has 0 radical (unpaired) electrons. The first-order valence-corrected chi connectivity index (χ1v) is 8.23. The highest BCUT2D eigenvalue weighted by molar-refractivity contribution is 7.89. The number of H-pyrrole nitrogens is 1. The molecule has 104 valence electrons. The van der Waals surface area contributed by atoms with Crippen LogP contribution in [0, 0.1) is 0 Å². The smallest absolute Gasteiger partial charge is 0.257 e. The first-order valence-electron chi connectivity index (χ1n) is 5.81. The van der Waals surface area contributed by atoms with Crippen molar-refractivity contribution in [1.82, 2.24) is 20.2 Å². The van der Waals surface area contributed by atoms with Gasteiger partial charge in [-0.1, -0.05) is 0 Å². The van der Waals surface area contributed by atoms with Crippen molar-refractivity contribution in [1.29, 1.82) is 0 Å². The summed E-state index contributed by atoms with van der Waals surface area (Å²) in [6.07, 6.45) is 2.20. The number of rotatable bonds is 7. The molecular weight excluding hydrogens is 284 g/mol. The molecule has 3 N–H and O–H groups in total. The lowest BCUT2D eigenvalue weighted by Gasteiger charge is -2.06. The van der Waals surface area contributed by atoms with E-state index in [-0.39, 0.29) is 5.03 Å². The van der Waals surface area contributed by atoms with Gasteiger partial charge in [0.1, 0.15) is 0 Å². The molecule has 0 amide bonds. The summed E-state index contributed by atoms with van der Waals surface area (Å²) >= 11 is 1.60. The molecule has 0 unspecified atom stereocenters. The topological polar surface area (TPSA) is 86.9 Å². The zero-order chi connectivity index (χ0) is 13.7. The zero-order valence-corrected chi connectivity index (χ0v) is 12.1. The van der Waals surface area contributed by atoms with E-state index in [4.69, 9.17) is 0 Å². The molecule has 6 nitrogen and oxygen atoms in total. The second-order valence-corrected chi connectivity index (χ2v) is 6.52. The second-order valence-electron chi connectivity index (χ2n) is 4.03. The third kappa shape index (κ3) is 3.63. The number of aromatic amines is 1. The van der Waals surface area contributed by atoms with Crippen LogP contribution in [0.2, 0.25) is 0 Å². The summed E-state index contributed by atoms with van der Waals surface area (Å²) in [5, 5.41) is 13.3. The Kier molecular flexibility index (Phi) is 4.70. The van der Waals surface area contributed by atoms with Gasteiger partial charge in [0, 0.05) is 18.7 Å². The summed E-state index contributed by atoms with van der Waals surface area (Å²) in [5.41, 5.74) is 1.76. The summed E-state index contributed by atoms with van der Waals surface area (Å²) < 4.78 is 26.8. The summed E-state index contributed by atoms with van der Waals surface area (Å²) in [7, 11) is -1.77. The average Bonchev–Trinajstić information content (AvgIpc) is 3.00. The third-order valence-corrected chi connectivity index (χ3v) is 4.81. The van der Waals surface area contributed by atoms with Crippen molar-refractivity contribution in [3.05, 3.63) is 34.2 Å². The first-order chi connectivity index (χ1) is 9.13. The van der Waals surface area contributed by atoms with Gasteiger partial charge in [0.05, 0.1) is 6.20 Å². The van der Waals surface area contributed by atoms with Gasteiger partial charge in [0.2, 0.25) is 0 Å².